The smallest absolute Gasteiger partial charge is 0.263 e. The fraction of sp³-hybridized carbons (Fsp3) is 0.484. The number of fused-ring (bicyclic) bond motifs is 1. The van der Waals surface area contributed by atoms with Gasteiger partial charge in [-0.05, 0) is 47.6 Å². The van der Waals surface area contributed by atoms with E-state index in [2.05, 4.69) is 49.6 Å². The van der Waals surface area contributed by atoms with Gasteiger partial charge in [0, 0.05) is 45.7 Å². The molecule has 0 bridgehead atoms. The van der Waals surface area contributed by atoms with Crippen molar-refractivity contribution in [1.82, 2.24) is 14.7 Å². The predicted octanol–water partition coefficient (Wildman–Crippen LogP) is 4.69. The summed E-state index contributed by atoms with van der Waals surface area (Å²) in [4.78, 5) is 32.8. The maximum absolute atomic E-state index is 13.3. The van der Waals surface area contributed by atoms with Crippen LogP contribution in [0.4, 0.5) is 0 Å². The highest BCUT2D eigenvalue weighted by Gasteiger charge is 2.33. The summed E-state index contributed by atoms with van der Waals surface area (Å²) < 4.78 is 6.34. The standard InChI is InChI=1S/C31H41N3O3/c1-5-15-32-17-19-33(20-18-32)31(36)28(6-2)37-26-13-12-24-14-16-34(29(35)21-23(3)4)30(27(24)22-26)25-10-8-7-9-11-25/h5,7-13,22-23,28,30H,1,6,14-21H2,2-4H3/t28-,30+/m1/s1. The zero-order valence-corrected chi connectivity index (χ0v) is 22.6. The average molecular weight is 504 g/mol. The zero-order chi connectivity index (χ0) is 26.4. The summed E-state index contributed by atoms with van der Waals surface area (Å²) in [7, 11) is 0. The monoisotopic (exact) mass is 503 g/mol. The van der Waals surface area contributed by atoms with E-state index in [1.807, 2.05) is 47.1 Å². The minimum Gasteiger partial charge on any atom is -0.481 e. The highest BCUT2D eigenvalue weighted by molar-refractivity contribution is 5.81. The van der Waals surface area contributed by atoms with Crippen LogP contribution in [0.3, 0.4) is 0 Å². The first-order chi connectivity index (χ1) is 17.9. The Balaban J connectivity index is 1.56. The van der Waals surface area contributed by atoms with Crippen molar-refractivity contribution < 1.29 is 14.3 Å². The average Bonchev–Trinajstić information content (AvgIpc) is 2.91. The molecule has 37 heavy (non-hydrogen) atoms. The van der Waals surface area contributed by atoms with Crippen molar-refractivity contribution in [3.8, 4) is 5.75 Å². The summed E-state index contributed by atoms with van der Waals surface area (Å²) in [6.45, 7) is 14.7. The lowest BCUT2D eigenvalue weighted by Gasteiger charge is -2.38. The van der Waals surface area contributed by atoms with Crippen LogP contribution in [-0.4, -0.2) is 71.9 Å². The Kier molecular flexibility index (Phi) is 9.04. The van der Waals surface area contributed by atoms with Gasteiger partial charge in [0.15, 0.2) is 6.10 Å². The molecule has 0 saturated carbocycles. The van der Waals surface area contributed by atoms with Crippen LogP contribution in [0.2, 0.25) is 0 Å². The van der Waals surface area contributed by atoms with Crippen LogP contribution in [0.25, 0.3) is 0 Å². The molecule has 0 radical (unpaired) electrons. The van der Waals surface area contributed by atoms with Crippen molar-refractivity contribution in [2.45, 2.75) is 52.2 Å². The molecule has 0 N–H and O–H groups in total. The first-order valence-corrected chi connectivity index (χ1v) is 13.7. The molecule has 1 saturated heterocycles. The van der Waals surface area contributed by atoms with Gasteiger partial charge in [0.05, 0.1) is 6.04 Å². The number of ether oxygens (including phenoxy) is 1. The van der Waals surface area contributed by atoms with Gasteiger partial charge in [0.25, 0.3) is 5.91 Å². The second-order valence-corrected chi connectivity index (χ2v) is 10.5. The van der Waals surface area contributed by atoms with Crippen molar-refractivity contribution in [1.29, 1.82) is 0 Å². The molecule has 0 spiro atoms. The number of rotatable bonds is 9. The largest absolute Gasteiger partial charge is 0.481 e. The fourth-order valence-electron chi connectivity index (χ4n) is 5.41. The normalized spacial score (nSPS) is 18.9. The first-order valence-electron chi connectivity index (χ1n) is 13.7. The van der Waals surface area contributed by atoms with Crippen molar-refractivity contribution in [3.05, 3.63) is 77.9 Å². The van der Waals surface area contributed by atoms with Gasteiger partial charge in [-0.15, -0.1) is 6.58 Å². The first kappa shape index (κ1) is 26.9. The van der Waals surface area contributed by atoms with Gasteiger partial charge in [0.1, 0.15) is 5.75 Å². The van der Waals surface area contributed by atoms with E-state index in [-0.39, 0.29) is 17.9 Å². The lowest BCUT2D eigenvalue weighted by molar-refractivity contribution is -0.140. The number of benzene rings is 2. The van der Waals surface area contributed by atoms with Crippen LogP contribution in [-0.2, 0) is 16.0 Å². The second kappa shape index (κ2) is 12.4. The summed E-state index contributed by atoms with van der Waals surface area (Å²) in [5.74, 6) is 1.21. The Morgan fingerprint density at radius 3 is 2.43 bits per heavy atom. The molecule has 6 heteroatoms. The quantitative estimate of drug-likeness (QED) is 0.466. The van der Waals surface area contributed by atoms with Crippen LogP contribution >= 0.6 is 0 Å². The van der Waals surface area contributed by atoms with Crippen molar-refractivity contribution in [3.63, 3.8) is 0 Å². The SMILES string of the molecule is C=CCN1CCN(C(=O)[C@@H](CC)Oc2ccc3c(c2)[C@H](c2ccccc2)N(C(=O)CC(C)C)CC3)CC1. The molecule has 198 valence electrons. The van der Waals surface area contributed by atoms with Gasteiger partial charge in [0.2, 0.25) is 5.91 Å². The molecule has 2 aromatic carbocycles. The fourth-order valence-corrected chi connectivity index (χ4v) is 5.41. The van der Waals surface area contributed by atoms with E-state index in [0.717, 1.165) is 37.2 Å². The number of hydrogen-bond acceptors (Lipinski definition) is 4. The molecule has 2 aliphatic rings. The maximum Gasteiger partial charge on any atom is 0.263 e. The van der Waals surface area contributed by atoms with Crippen molar-refractivity contribution in [2.75, 3.05) is 39.3 Å². The van der Waals surface area contributed by atoms with E-state index in [1.54, 1.807) is 0 Å². The molecule has 6 nitrogen and oxygen atoms in total. The van der Waals surface area contributed by atoms with Crippen LogP contribution < -0.4 is 4.74 Å². The molecule has 2 atom stereocenters. The van der Waals surface area contributed by atoms with Gasteiger partial charge >= 0.3 is 0 Å². The Morgan fingerprint density at radius 2 is 1.78 bits per heavy atom. The zero-order valence-electron chi connectivity index (χ0n) is 22.6. The Labute approximate surface area is 221 Å². The molecule has 2 aliphatic heterocycles. The van der Waals surface area contributed by atoms with Crippen LogP contribution in [0, 0.1) is 5.92 Å². The van der Waals surface area contributed by atoms with E-state index in [4.69, 9.17) is 4.74 Å². The second-order valence-electron chi connectivity index (χ2n) is 10.5. The lowest BCUT2D eigenvalue weighted by Crippen LogP contribution is -2.52. The molecule has 0 aromatic heterocycles. The van der Waals surface area contributed by atoms with E-state index in [0.29, 0.717) is 44.1 Å². The van der Waals surface area contributed by atoms with E-state index < -0.39 is 6.10 Å². The van der Waals surface area contributed by atoms with Crippen LogP contribution in [0.1, 0.15) is 56.3 Å². The third-order valence-electron chi connectivity index (χ3n) is 7.36. The number of piperazine rings is 1. The summed E-state index contributed by atoms with van der Waals surface area (Å²) in [6, 6.07) is 16.2. The summed E-state index contributed by atoms with van der Waals surface area (Å²) >= 11 is 0. The molecular weight excluding hydrogens is 462 g/mol. The van der Waals surface area contributed by atoms with Gasteiger partial charge in [-0.1, -0.05) is 63.2 Å². The van der Waals surface area contributed by atoms with Crippen molar-refractivity contribution >= 4 is 11.8 Å². The Hall–Kier alpha value is -3.12. The molecule has 0 unspecified atom stereocenters. The topological polar surface area (TPSA) is 53.1 Å². The Morgan fingerprint density at radius 1 is 1.05 bits per heavy atom. The highest BCUT2D eigenvalue weighted by atomic mass is 16.5. The minimum atomic E-state index is -0.526. The van der Waals surface area contributed by atoms with Gasteiger partial charge in [-0.25, -0.2) is 0 Å². The summed E-state index contributed by atoms with van der Waals surface area (Å²) in [6.07, 6.45) is 3.33. The molecular formula is C31H41N3O3. The molecule has 1 fully saturated rings. The molecule has 2 amide bonds. The molecule has 2 aromatic rings. The molecule has 2 heterocycles. The number of nitrogens with zero attached hydrogens (tertiary/aromatic N) is 3. The number of amides is 2. The van der Waals surface area contributed by atoms with Gasteiger partial charge < -0.3 is 14.5 Å². The van der Waals surface area contributed by atoms with Gasteiger partial charge in [-0.3, -0.25) is 14.5 Å². The minimum absolute atomic E-state index is 0.0480. The molecule has 4 rings (SSSR count). The number of carbonyl (C=O) groups is 2. The van der Waals surface area contributed by atoms with E-state index in [9.17, 15) is 9.59 Å². The van der Waals surface area contributed by atoms with Gasteiger partial charge in [-0.2, -0.15) is 0 Å². The molecule has 0 aliphatic carbocycles. The highest BCUT2D eigenvalue weighted by Crippen LogP contribution is 2.38. The maximum atomic E-state index is 13.3. The number of hydrogen-bond donors (Lipinski definition) is 0. The third-order valence-corrected chi connectivity index (χ3v) is 7.36. The Bertz CT molecular complexity index is 1080. The van der Waals surface area contributed by atoms with E-state index in [1.165, 1.54) is 5.56 Å². The summed E-state index contributed by atoms with van der Waals surface area (Å²) in [5, 5.41) is 0. The van der Waals surface area contributed by atoms with Crippen LogP contribution in [0.15, 0.2) is 61.2 Å². The number of carbonyl (C=O) groups excluding carboxylic acids is 2. The third kappa shape index (κ3) is 6.42. The lowest BCUT2D eigenvalue weighted by atomic mass is 9.87. The van der Waals surface area contributed by atoms with Crippen molar-refractivity contribution in [2.24, 2.45) is 5.92 Å². The van der Waals surface area contributed by atoms with E-state index >= 15 is 0 Å². The summed E-state index contributed by atoms with van der Waals surface area (Å²) in [5.41, 5.74) is 3.41. The van der Waals surface area contributed by atoms with Crippen LogP contribution in [0.5, 0.6) is 5.75 Å². The predicted molar refractivity (Wildman–Crippen MR) is 148 cm³/mol.